The number of carbonyl (C=O) groups excluding carboxylic acids is 1. The molecule has 0 aromatic heterocycles. The van der Waals surface area contributed by atoms with Crippen LogP contribution >= 0.6 is 0 Å². The second-order valence-corrected chi connectivity index (χ2v) is 7.56. The molecule has 3 rings (SSSR count). The van der Waals surface area contributed by atoms with Crippen LogP contribution in [0.15, 0.2) is 18.2 Å². The van der Waals surface area contributed by atoms with Crippen molar-refractivity contribution in [2.24, 2.45) is 17.3 Å². The van der Waals surface area contributed by atoms with E-state index in [4.69, 9.17) is 0 Å². The fourth-order valence-electron chi connectivity index (χ4n) is 4.26. The number of halogens is 1. The van der Waals surface area contributed by atoms with Crippen molar-refractivity contribution in [1.82, 2.24) is 4.90 Å². The second kappa shape index (κ2) is 6.23. The van der Waals surface area contributed by atoms with Crippen LogP contribution in [0, 0.1) is 30.0 Å². The lowest BCUT2D eigenvalue weighted by atomic mass is 9.56. The third-order valence-electron chi connectivity index (χ3n) is 5.59. The maximum absolute atomic E-state index is 13.9. The minimum atomic E-state index is -0.245. The van der Waals surface area contributed by atoms with Crippen LogP contribution in [-0.4, -0.2) is 35.6 Å². The summed E-state index contributed by atoms with van der Waals surface area (Å²) in [7, 11) is 0. The number of likely N-dealkylation sites (tertiary alicyclic amines) is 1. The van der Waals surface area contributed by atoms with Gasteiger partial charge >= 0.3 is 0 Å². The van der Waals surface area contributed by atoms with Gasteiger partial charge in [-0.05, 0) is 55.7 Å². The number of hydrogen-bond acceptors (Lipinski definition) is 2. The lowest BCUT2D eigenvalue weighted by Crippen LogP contribution is -2.64. The van der Waals surface area contributed by atoms with Crippen LogP contribution in [0.2, 0.25) is 0 Å². The van der Waals surface area contributed by atoms with Crippen LogP contribution in [0.3, 0.4) is 0 Å². The quantitative estimate of drug-likeness (QED) is 0.906. The fourth-order valence-corrected chi connectivity index (χ4v) is 4.26. The molecule has 0 bridgehead atoms. The van der Waals surface area contributed by atoms with E-state index in [0.717, 1.165) is 43.5 Å². The lowest BCUT2D eigenvalue weighted by molar-refractivity contribution is -0.160. The van der Waals surface area contributed by atoms with Crippen molar-refractivity contribution in [1.29, 1.82) is 0 Å². The molecule has 2 aliphatic rings. The second-order valence-electron chi connectivity index (χ2n) is 7.56. The third kappa shape index (κ3) is 3.14. The molecule has 1 saturated heterocycles. The lowest BCUT2D eigenvalue weighted by Gasteiger charge is -2.59. The van der Waals surface area contributed by atoms with Crippen molar-refractivity contribution in [3.05, 3.63) is 35.1 Å². The van der Waals surface area contributed by atoms with Gasteiger partial charge in [0.25, 0.3) is 0 Å². The zero-order valence-corrected chi connectivity index (χ0v) is 14.0. The van der Waals surface area contributed by atoms with Gasteiger partial charge in [0.2, 0.25) is 5.91 Å². The average Bonchev–Trinajstić information content (AvgIpc) is 2.43. The van der Waals surface area contributed by atoms with E-state index >= 15 is 0 Å². The van der Waals surface area contributed by atoms with E-state index in [2.05, 4.69) is 0 Å². The van der Waals surface area contributed by atoms with Gasteiger partial charge in [0, 0.05) is 18.5 Å². The summed E-state index contributed by atoms with van der Waals surface area (Å²) in [5.74, 6) is 0.285. The van der Waals surface area contributed by atoms with Crippen molar-refractivity contribution in [2.45, 2.75) is 39.5 Å². The highest BCUT2D eigenvalue weighted by Gasteiger charge is 2.53. The summed E-state index contributed by atoms with van der Waals surface area (Å²) in [6, 6.07) is 5.48. The normalized spacial score (nSPS) is 21.0. The van der Waals surface area contributed by atoms with Gasteiger partial charge in [0.15, 0.2) is 0 Å². The number of aliphatic hydroxyl groups is 1. The van der Waals surface area contributed by atoms with E-state index in [9.17, 15) is 14.3 Å². The average molecular weight is 319 g/mol. The minimum Gasteiger partial charge on any atom is -0.396 e. The first-order valence-electron chi connectivity index (χ1n) is 8.61. The van der Waals surface area contributed by atoms with E-state index in [-0.39, 0.29) is 29.7 Å². The monoisotopic (exact) mass is 319 g/mol. The Labute approximate surface area is 137 Å². The number of nitrogens with zero attached hydrogens (tertiary/aromatic N) is 1. The number of aryl methyl sites for hydroxylation is 1. The van der Waals surface area contributed by atoms with E-state index in [1.165, 1.54) is 0 Å². The smallest absolute Gasteiger partial charge is 0.228 e. The van der Waals surface area contributed by atoms with Gasteiger partial charge in [-0.2, -0.15) is 0 Å². The van der Waals surface area contributed by atoms with Gasteiger partial charge in [-0.25, -0.2) is 4.39 Å². The molecule has 1 aliphatic carbocycles. The molecule has 1 aliphatic heterocycles. The molecule has 0 radical (unpaired) electrons. The van der Waals surface area contributed by atoms with Gasteiger partial charge in [0.05, 0.1) is 12.5 Å². The van der Waals surface area contributed by atoms with Gasteiger partial charge in [-0.15, -0.1) is 0 Å². The minimum absolute atomic E-state index is 0.0614. The van der Waals surface area contributed by atoms with Crippen molar-refractivity contribution in [2.75, 3.05) is 19.7 Å². The van der Waals surface area contributed by atoms with Crippen LogP contribution in [0.1, 0.15) is 37.3 Å². The fraction of sp³-hybridized carbons (Fsp3) is 0.632. The molecule has 0 unspecified atom stereocenters. The molecular weight excluding hydrogens is 293 g/mol. The molecule has 1 N–H and O–H groups in total. The van der Waals surface area contributed by atoms with Crippen LogP contribution in [0.4, 0.5) is 4.39 Å². The number of aliphatic hydroxyl groups excluding tert-OH is 1. The third-order valence-corrected chi connectivity index (χ3v) is 5.59. The molecule has 1 spiro atoms. The summed E-state index contributed by atoms with van der Waals surface area (Å²) in [5.41, 5.74) is 2.04. The Morgan fingerprint density at radius 3 is 2.70 bits per heavy atom. The van der Waals surface area contributed by atoms with E-state index in [1.54, 1.807) is 6.07 Å². The van der Waals surface area contributed by atoms with Crippen molar-refractivity contribution in [3.8, 4) is 0 Å². The molecular formula is C19H26FNO2. The number of benzene rings is 1. The van der Waals surface area contributed by atoms with Gasteiger partial charge in [-0.1, -0.05) is 19.1 Å². The maximum atomic E-state index is 13.9. The highest BCUT2D eigenvalue weighted by atomic mass is 19.1. The molecule has 2 fully saturated rings. The number of amides is 1. The van der Waals surface area contributed by atoms with Crippen LogP contribution < -0.4 is 0 Å². The summed E-state index contributed by atoms with van der Waals surface area (Å²) < 4.78 is 13.9. The van der Waals surface area contributed by atoms with Crippen LogP contribution in [-0.2, 0) is 11.2 Å². The first-order valence-corrected chi connectivity index (χ1v) is 8.61. The summed E-state index contributed by atoms with van der Waals surface area (Å²) in [5, 5.41) is 9.23. The number of rotatable bonds is 5. The van der Waals surface area contributed by atoms with Crippen LogP contribution in [0.5, 0.6) is 0 Å². The summed E-state index contributed by atoms with van der Waals surface area (Å²) in [6.45, 7) is 5.41. The zero-order chi connectivity index (χ0) is 16.6. The molecule has 23 heavy (non-hydrogen) atoms. The number of carbonyl (C=O) groups is 1. The Balaban J connectivity index is 1.48. The first-order chi connectivity index (χ1) is 11.0. The SMILES string of the molecule is CC[C@H](CO)C(=O)N1CC2(CC(Cc3ccc(C)cc3F)C2)C1. The molecule has 1 atom stereocenters. The van der Waals surface area contributed by atoms with Gasteiger partial charge in [-0.3, -0.25) is 4.79 Å². The molecule has 1 saturated carbocycles. The first kappa shape index (κ1) is 16.4. The predicted octanol–water partition coefficient (Wildman–Crippen LogP) is 2.93. The predicted molar refractivity (Wildman–Crippen MR) is 87.4 cm³/mol. The maximum Gasteiger partial charge on any atom is 0.228 e. The van der Waals surface area contributed by atoms with Crippen molar-refractivity contribution < 1.29 is 14.3 Å². The van der Waals surface area contributed by atoms with E-state index in [0.29, 0.717) is 12.3 Å². The summed E-state index contributed by atoms with van der Waals surface area (Å²) in [6.07, 6.45) is 3.66. The standard InChI is InChI=1S/C19H26FNO2/c1-3-15(10-22)18(23)21-11-19(12-21)8-14(9-19)7-16-5-4-13(2)6-17(16)20/h4-6,14-15,22H,3,7-12H2,1-2H3/t15-/m1/s1. The van der Waals surface area contributed by atoms with E-state index < -0.39 is 0 Å². The van der Waals surface area contributed by atoms with Crippen molar-refractivity contribution >= 4 is 5.91 Å². The molecule has 1 amide bonds. The van der Waals surface area contributed by atoms with E-state index in [1.807, 2.05) is 30.9 Å². The van der Waals surface area contributed by atoms with Gasteiger partial charge in [0.1, 0.15) is 5.82 Å². The Morgan fingerprint density at radius 1 is 1.43 bits per heavy atom. The molecule has 1 aromatic carbocycles. The Kier molecular flexibility index (Phi) is 4.45. The Hall–Kier alpha value is -1.42. The Bertz CT molecular complexity index is 583. The van der Waals surface area contributed by atoms with Crippen LogP contribution in [0.25, 0.3) is 0 Å². The highest BCUT2D eigenvalue weighted by Crippen LogP contribution is 2.53. The Morgan fingerprint density at radius 2 is 2.13 bits per heavy atom. The van der Waals surface area contributed by atoms with Crippen molar-refractivity contribution in [3.63, 3.8) is 0 Å². The number of hydrogen-bond donors (Lipinski definition) is 1. The molecule has 126 valence electrons. The molecule has 1 aromatic rings. The topological polar surface area (TPSA) is 40.5 Å². The molecule has 4 heteroatoms. The largest absolute Gasteiger partial charge is 0.396 e. The zero-order valence-electron chi connectivity index (χ0n) is 14.0. The molecule has 1 heterocycles. The van der Waals surface area contributed by atoms with Gasteiger partial charge < -0.3 is 10.0 Å². The summed E-state index contributed by atoms with van der Waals surface area (Å²) >= 11 is 0. The molecule has 3 nitrogen and oxygen atoms in total. The highest BCUT2D eigenvalue weighted by molar-refractivity contribution is 5.80. The summed E-state index contributed by atoms with van der Waals surface area (Å²) in [4.78, 5) is 14.1.